The van der Waals surface area contributed by atoms with Crippen LogP contribution in [0.1, 0.15) is 24.5 Å². The van der Waals surface area contributed by atoms with Gasteiger partial charge in [0.05, 0.1) is 16.7 Å². The third-order valence-electron chi connectivity index (χ3n) is 4.41. The number of carbonyl (C=O) groups excluding carboxylic acids is 1. The van der Waals surface area contributed by atoms with E-state index in [1.165, 1.54) is 11.8 Å². The van der Waals surface area contributed by atoms with Gasteiger partial charge in [-0.2, -0.15) is 0 Å². The predicted octanol–water partition coefficient (Wildman–Crippen LogP) is 4.92. The average molecular weight is 460 g/mol. The molecule has 0 radical (unpaired) electrons. The van der Waals surface area contributed by atoms with Crippen LogP contribution in [0.5, 0.6) is 0 Å². The summed E-state index contributed by atoms with van der Waals surface area (Å²) in [7, 11) is 0. The normalized spacial score (nSPS) is 11.0. The number of hydrogen-bond donors (Lipinski definition) is 1. The summed E-state index contributed by atoms with van der Waals surface area (Å²) in [5, 5.41) is 4.12. The molecule has 1 aromatic heterocycles. The fourth-order valence-electron chi connectivity index (χ4n) is 3.02. The van der Waals surface area contributed by atoms with Crippen molar-refractivity contribution in [3.8, 4) is 0 Å². The van der Waals surface area contributed by atoms with Gasteiger partial charge < -0.3 is 5.32 Å². The number of aryl methyl sites for hydroxylation is 2. The fraction of sp³-hybridized carbons (Fsp3) is 0.286. The van der Waals surface area contributed by atoms with Gasteiger partial charge in [0.2, 0.25) is 5.91 Å². The van der Waals surface area contributed by atoms with E-state index in [4.69, 9.17) is 0 Å². The smallest absolute Gasteiger partial charge is 0.262 e. The summed E-state index contributed by atoms with van der Waals surface area (Å²) in [6, 6.07) is 11.4. The lowest BCUT2D eigenvalue weighted by Crippen LogP contribution is -2.24. The van der Waals surface area contributed by atoms with E-state index >= 15 is 0 Å². The number of carbonyl (C=O) groups is 1. The maximum atomic E-state index is 12.9. The van der Waals surface area contributed by atoms with Crippen LogP contribution in [0.2, 0.25) is 0 Å². The topological polar surface area (TPSA) is 64.0 Å². The van der Waals surface area contributed by atoms with Crippen molar-refractivity contribution >= 4 is 50.2 Å². The van der Waals surface area contributed by atoms with Crippen molar-refractivity contribution in [2.24, 2.45) is 0 Å². The molecule has 146 valence electrons. The number of para-hydroxylation sites is 1. The van der Waals surface area contributed by atoms with Crippen LogP contribution in [-0.2, 0) is 11.3 Å². The molecule has 1 N–H and O–H groups in total. The molecule has 7 heteroatoms. The number of amides is 1. The lowest BCUT2D eigenvalue weighted by molar-refractivity contribution is -0.113. The van der Waals surface area contributed by atoms with Crippen molar-refractivity contribution in [3.63, 3.8) is 0 Å². The Morgan fingerprint density at radius 3 is 2.61 bits per heavy atom. The molecule has 0 aliphatic carbocycles. The Bertz CT molecular complexity index is 1070. The van der Waals surface area contributed by atoms with Crippen molar-refractivity contribution in [2.75, 3.05) is 11.1 Å². The van der Waals surface area contributed by atoms with Gasteiger partial charge in [-0.15, -0.1) is 0 Å². The van der Waals surface area contributed by atoms with Crippen LogP contribution >= 0.6 is 27.7 Å². The lowest BCUT2D eigenvalue weighted by atomic mass is 10.1. The van der Waals surface area contributed by atoms with Gasteiger partial charge in [0.15, 0.2) is 5.16 Å². The second kappa shape index (κ2) is 8.92. The molecule has 0 aliphatic heterocycles. The summed E-state index contributed by atoms with van der Waals surface area (Å²) < 4.78 is 2.50. The van der Waals surface area contributed by atoms with E-state index in [1.54, 1.807) is 10.6 Å². The number of nitrogens with zero attached hydrogens (tertiary/aromatic N) is 2. The quantitative estimate of drug-likeness (QED) is 0.419. The molecule has 0 bridgehead atoms. The summed E-state index contributed by atoms with van der Waals surface area (Å²) in [6.07, 6.45) is 0.809. The molecule has 1 heterocycles. The number of nitrogens with one attached hydrogen (secondary N) is 1. The minimum absolute atomic E-state index is 0.0780. The molecule has 5 nitrogen and oxygen atoms in total. The van der Waals surface area contributed by atoms with Crippen LogP contribution in [-0.4, -0.2) is 21.2 Å². The molecule has 0 aliphatic rings. The number of benzene rings is 2. The van der Waals surface area contributed by atoms with E-state index in [1.807, 2.05) is 51.1 Å². The molecular weight excluding hydrogens is 438 g/mol. The monoisotopic (exact) mass is 459 g/mol. The second-order valence-corrected chi connectivity index (χ2v) is 8.47. The number of thioether (sulfide) groups is 1. The Hall–Kier alpha value is -2.12. The number of halogens is 1. The third-order valence-corrected chi connectivity index (χ3v) is 5.88. The van der Waals surface area contributed by atoms with Gasteiger partial charge in [0.25, 0.3) is 5.56 Å². The van der Waals surface area contributed by atoms with Crippen molar-refractivity contribution in [1.29, 1.82) is 0 Å². The largest absolute Gasteiger partial charge is 0.325 e. The molecule has 0 saturated carbocycles. The van der Waals surface area contributed by atoms with Crippen LogP contribution in [0.25, 0.3) is 10.9 Å². The van der Waals surface area contributed by atoms with Crippen LogP contribution < -0.4 is 10.9 Å². The number of aromatic nitrogens is 2. The Morgan fingerprint density at radius 1 is 1.21 bits per heavy atom. The first-order valence-corrected chi connectivity index (χ1v) is 10.9. The SMILES string of the molecule is CCCn1c(SCC(=O)Nc2c(C)cccc2C)nc2ccc(Br)cc2c1=O. The van der Waals surface area contributed by atoms with Gasteiger partial charge in [-0.3, -0.25) is 14.2 Å². The number of hydrogen-bond acceptors (Lipinski definition) is 4. The highest BCUT2D eigenvalue weighted by molar-refractivity contribution is 9.10. The molecule has 3 rings (SSSR count). The first kappa shape index (κ1) is 20.6. The Balaban J connectivity index is 1.85. The van der Waals surface area contributed by atoms with E-state index in [0.29, 0.717) is 22.6 Å². The third kappa shape index (κ3) is 4.47. The van der Waals surface area contributed by atoms with Crippen molar-refractivity contribution < 1.29 is 4.79 Å². The lowest BCUT2D eigenvalue weighted by Gasteiger charge is -2.14. The summed E-state index contributed by atoms with van der Waals surface area (Å²) in [4.78, 5) is 30.0. The highest BCUT2D eigenvalue weighted by Gasteiger charge is 2.14. The fourth-order valence-corrected chi connectivity index (χ4v) is 4.21. The van der Waals surface area contributed by atoms with Crippen molar-refractivity contribution in [2.45, 2.75) is 38.9 Å². The Labute approximate surface area is 176 Å². The van der Waals surface area contributed by atoms with E-state index in [9.17, 15) is 9.59 Å². The van der Waals surface area contributed by atoms with Gasteiger partial charge in [-0.25, -0.2) is 4.98 Å². The number of fused-ring (bicyclic) bond motifs is 1. The summed E-state index contributed by atoms with van der Waals surface area (Å²) in [5.74, 6) is 0.0713. The molecule has 1 amide bonds. The zero-order valence-electron chi connectivity index (χ0n) is 16.1. The minimum atomic E-state index is -0.115. The van der Waals surface area contributed by atoms with Gasteiger partial charge in [0.1, 0.15) is 0 Å². The molecule has 0 saturated heterocycles. The van der Waals surface area contributed by atoms with Gasteiger partial charge in [-0.05, 0) is 49.6 Å². The van der Waals surface area contributed by atoms with Gasteiger partial charge in [-0.1, -0.05) is 52.8 Å². The highest BCUT2D eigenvalue weighted by Crippen LogP contribution is 2.23. The molecular formula is C21H22BrN3O2S. The molecule has 3 aromatic rings. The van der Waals surface area contributed by atoms with Crippen LogP contribution in [0.4, 0.5) is 5.69 Å². The van der Waals surface area contributed by atoms with E-state index in [-0.39, 0.29) is 17.2 Å². The predicted molar refractivity (Wildman–Crippen MR) is 119 cm³/mol. The number of rotatable bonds is 6. The van der Waals surface area contributed by atoms with Gasteiger partial charge in [0, 0.05) is 16.7 Å². The molecule has 0 spiro atoms. The second-order valence-electron chi connectivity index (χ2n) is 6.62. The minimum Gasteiger partial charge on any atom is -0.325 e. The maximum absolute atomic E-state index is 12.9. The van der Waals surface area contributed by atoms with Crippen LogP contribution in [0, 0.1) is 13.8 Å². The van der Waals surface area contributed by atoms with E-state index in [2.05, 4.69) is 26.2 Å². The van der Waals surface area contributed by atoms with Crippen molar-refractivity contribution in [3.05, 3.63) is 62.4 Å². The zero-order valence-corrected chi connectivity index (χ0v) is 18.5. The average Bonchev–Trinajstić information content (AvgIpc) is 2.66. The molecule has 0 atom stereocenters. The summed E-state index contributed by atoms with van der Waals surface area (Å²) >= 11 is 4.69. The summed E-state index contributed by atoms with van der Waals surface area (Å²) in [6.45, 7) is 6.52. The molecule has 28 heavy (non-hydrogen) atoms. The Kier molecular flexibility index (Phi) is 6.57. The first-order chi connectivity index (χ1) is 13.4. The standard InChI is InChI=1S/C21H22BrN3O2S/c1-4-10-25-20(27)16-11-15(22)8-9-17(16)23-21(25)28-12-18(26)24-19-13(2)6-5-7-14(19)3/h5-9,11H,4,10,12H2,1-3H3,(H,24,26). The van der Waals surface area contributed by atoms with Crippen LogP contribution in [0.3, 0.4) is 0 Å². The molecule has 0 fully saturated rings. The van der Waals surface area contributed by atoms with E-state index in [0.717, 1.165) is 27.7 Å². The number of anilines is 1. The van der Waals surface area contributed by atoms with Gasteiger partial charge >= 0.3 is 0 Å². The maximum Gasteiger partial charge on any atom is 0.262 e. The van der Waals surface area contributed by atoms with Crippen molar-refractivity contribution in [1.82, 2.24) is 9.55 Å². The summed E-state index contributed by atoms with van der Waals surface area (Å²) in [5.41, 5.74) is 3.45. The Morgan fingerprint density at radius 2 is 1.93 bits per heavy atom. The van der Waals surface area contributed by atoms with E-state index < -0.39 is 0 Å². The first-order valence-electron chi connectivity index (χ1n) is 9.09. The molecule has 2 aromatic carbocycles. The zero-order chi connectivity index (χ0) is 20.3. The highest BCUT2D eigenvalue weighted by atomic mass is 79.9. The molecule has 0 unspecified atom stereocenters. The van der Waals surface area contributed by atoms with Crippen LogP contribution in [0.15, 0.2) is 50.8 Å².